The number of likely N-dealkylation sites (tertiary alicyclic amines) is 1. The third-order valence-corrected chi connectivity index (χ3v) is 8.41. The summed E-state index contributed by atoms with van der Waals surface area (Å²) in [5, 5.41) is 3.96. The summed E-state index contributed by atoms with van der Waals surface area (Å²) in [6.07, 6.45) is 5.43. The van der Waals surface area contributed by atoms with Gasteiger partial charge in [0.25, 0.3) is 0 Å². The van der Waals surface area contributed by atoms with Crippen molar-refractivity contribution in [3.8, 4) is 0 Å². The van der Waals surface area contributed by atoms with Crippen LogP contribution < -0.4 is 5.32 Å². The van der Waals surface area contributed by atoms with Gasteiger partial charge in [-0.25, -0.2) is 18.7 Å². The summed E-state index contributed by atoms with van der Waals surface area (Å²) in [5.41, 5.74) is 3.63. The van der Waals surface area contributed by atoms with Crippen LogP contribution in [0.4, 0.5) is 20.3 Å². The highest BCUT2D eigenvalue weighted by atomic mass is 19.1. The van der Waals surface area contributed by atoms with E-state index in [4.69, 9.17) is 14.2 Å². The second-order valence-electron chi connectivity index (χ2n) is 11.4. The van der Waals surface area contributed by atoms with Gasteiger partial charge in [-0.15, -0.1) is 0 Å². The summed E-state index contributed by atoms with van der Waals surface area (Å²) in [7, 11) is 0. The predicted octanol–water partition coefficient (Wildman–Crippen LogP) is 4.85. The number of halogens is 2. The number of Topliss-reactive ketones (excluding diaryl/α,β-unsaturated/α-hetero) is 1. The van der Waals surface area contributed by atoms with Crippen molar-refractivity contribution < 1.29 is 27.8 Å². The summed E-state index contributed by atoms with van der Waals surface area (Å²) in [6, 6.07) is 8.62. The maximum atomic E-state index is 15.2. The number of aryl methyl sites for hydroxylation is 2. The number of nitrogens with one attached hydrogen (secondary N) is 1. The van der Waals surface area contributed by atoms with Gasteiger partial charge >= 0.3 is 0 Å². The average Bonchev–Trinajstić information content (AvgIpc) is 3.67. The number of ketones is 1. The van der Waals surface area contributed by atoms with E-state index in [1.807, 2.05) is 17.0 Å². The molecule has 0 radical (unpaired) electrons. The molecule has 2 aromatic carbocycles. The van der Waals surface area contributed by atoms with Crippen LogP contribution in [0.25, 0.3) is 10.9 Å². The van der Waals surface area contributed by atoms with E-state index >= 15 is 4.39 Å². The zero-order valence-electron chi connectivity index (χ0n) is 23.8. The molecule has 0 bridgehead atoms. The summed E-state index contributed by atoms with van der Waals surface area (Å²) in [4.78, 5) is 24.1. The molecule has 3 aliphatic rings. The molecule has 222 valence electrons. The van der Waals surface area contributed by atoms with E-state index in [0.29, 0.717) is 61.2 Å². The highest BCUT2D eigenvalue weighted by molar-refractivity contribution is 5.97. The number of aromatic nitrogens is 2. The van der Waals surface area contributed by atoms with Crippen molar-refractivity contribution in [3.63, 3.8) is 0 Å². The van der Waals surface area contributed by atoms with Crippen LogP contribution in [0, 0.1) is 18.7 Å². The molecule has 0 amide bonds. The minimum atomic E-state index is -0.744. The number of allylic oxidation sites excluding steroid dienone is 1. The number of nitrogens with zero attached hydrogens (tertiary/aromatic N) is 3. The molecule has 3 aromatic rings. The molecule has 0 saturated carbocycles. The molecule has 0 unspecified atom stereocenters. The van der Waals surface area contributed by atoms with Crippen LogP contribution in [0.3, 0.4) is 0 Å². The van der Waals surface area contributed by atoms with Gasteiger partial charge in [-0.3, -0.25) is 9.69 Å². The highest BCUT2D eigenvalue weighted by Gasteiger charge is 2.36. The topological polar surface area (TPSA) is 85.8 Å². The van der Waals surface area contributed by atoms with Crippen LogP contribution in [0.2, 0.25) is 0 Å². The first-order valence-electron chi connectivity index (χ1n) is 14.6. The highest BCUT2D eigenvalue weighted by Crippen LogP contribution is 2.30. The number of benzene rings is 2. The Morgan fingerprint density at radius 1 is 1.10 bits per heavy atom. The van der Waals surface area contributed by atoms with Crippen LogP contribution >= 0.6 is 0 Å². The Morgan fingerprint density at radius 3 is 2.64 bits per heavy atom. The molecular formula is C32H36F2N4O4. The molecule has 1 aromatic heterocycles. The van der Waals surface area contributed by atoms with E-state index in [1.165, 1.54) is 18.5 Å². The maximum Gasteiger partial charge on any atom is 0.195 e. The van der Waals surface area contributed by atoms with Gasteiger partial charge in [-0.2, -0.15) is 0 Å². The third kappa shape index (κ3) is 6.67. The fraction of sp³-hybridized carbons (Fsp3) is 0.469. The summed E-state index contributed by atoms with van der Waals surface area (Å²) in [5.74, 6) is -0.601. The quantitative estimate of drug-likeness (QED) is 0.342. The van der Waals surface area contributed by atoms with Crippen LogP contribution in [-0.2, 0) is 31.8 Å². The monoisotopic (exact) mass is 578 g/mol. The molecule has 6 rings (SSSR count). The molecule has 1 N–H and O–H groups in total. The first kappa shape index (κ1) is 28.8. The van der Waals surface area contributed by atoms with Gasteiger partial charge in [0.15, 0.2) is 11.6 Å². The number of carbonyl (C=O) groups is 1. The number of rotatable bonds is 10. The van der Waals surface area contributed by atoms with Gasteiger partial charge in [-0.1, -0.05) is 0 Å². The minimum Gasteiger partial charge on any atom is -0.381 e. The van der Waals surface area contributed by atoms with Gasteiger partial charge in [0, 0.05) is 50.3 Å². The Bertz CT molecular complexity index is 1460. The number of fused-ring (bicyclic) bond motifs is 2. The fourth-order valence-electron chi connectivity index (χ4n) is 5.99. The Balaban J connectivity index is 1.23. The van der Waals surface area contributed by atoms with Gasteiger partial charge in [0.1, 0.15) is 18.0 Å². The molecule has 4 heterocycles. The zero-order valence-corrected chi connectivity index (χ0v) is 23.8. The lowest BCUT2D eigenvalue weighted by Gasteiger charge is -2.24. The van der Waals surface area contributed by atoms with Gasteiger partial charge in [0.05, 0.1) is 30.9 Å². The first-order chi connectivity index (χ1) is 20.4. The number of anilines is 2. The number of hydrogen-bond acceptors (Lipinski definition) is 8. The van der Waals surface area contributed by atoms with Crippen LogP contribution in [0.1, 0.15) is 29.5 Å². The average molecular weight is 579 g/mol. The number of carbonyl (C=O) groups excluding carboxylic acids is 1. The molecule has 10 heteroatoms. The summed E-state index contributed by atoms with van der Waals surface area (Å²) in [6.45, 7) is 5.99. The Hall–Kier alpha value is -3.31. The largest absolute Gasteiger partial charge is 0.381 e. The van der Waals surface area contributed by atoms with Crippen molar-refractivity contribution in [1.82, 2.24) is 14.9 Å². The minimum absolute atomic E-state index is 0.000173. The summed E-state index contributed by atoms with van der Waals surface area (Å²) >= 11 is 0. The van der Waals surface area contributed by atoms with E-state index in [2.05, 4.69) is 15.3 Å². The van der Waals surface area contributed by atoms with E-state index < -0.39 is 11.6 Å². The van der Waals surface area contributed by atoms with E-state index in [0.717, 1.165) is 49.1 Å². The van der Waals surface area contributed by atoms with Crippen molar-refractivity contribution >= 4 is 28.2 Å². The Labute approximate surface area is 244 Å². The van der Waals surface area contributed by atoms with Gasteiger partial charge < -0.3 is 19.5 Å². The molecule has 0 aliphatic carbocycles. The molecular weight excluding hydrogens is 542 g/mol. The SMILES string of the molecule is Cc1cc(Nc2ncnc3cc(CC[C@H]4CCOC4)c(CC(=O)/C(F)=C/CN4C[C@@H]5OCCO[C@@H]5C4)cc23)ccc1F. The van der Waals surface area contributed by atoms with Crippen LogP contribution in [0.15, 0.2) is 48.6 Å². The van der Waals surface area contributed by atoms with Crippen molar-refractivity contribution in [2.24, 2.45) is 5.92 Å². The molecule has 3 aliphatic heterocycles. The fourth-order valence-corrected chi connectivity index (χ4v) is 5.99. The molecule has 0 spiro atoms. The van der Waals surface area contributed by atoms with E-state index in [9.17, 15) is 9.18 Å². The molecule has 3 atom stereocenters. The van der Waals surface area contributed by atoms with Gasteiger partial charge in [0.2, 0.25) is 0 Å². The smallest absolute Gasteiger partial charge is 0.195 e. The predicted molar refractivity (Wildman–Crippen MR) is 155 cm³/mol. The first-order valence-corrected chi connectivity index (χ1v) is 14.6. The Morgan fingerprint density at radius 2 is 1.90 bits per heavy atom. The lowest BCUT2D eigenvalue weighted by molar-refractivity contribution is -0.116. The van der Waals surface area contributed by atoms with Crippen molar-refractivity contribution in [2.45, 2.75) is 44.8 Å². The normalized spacial score (nSPS) is 22.9. The van der Waals surface area contributed by atoms with Crippen molar-refractivity contribution in [3.05, 3.63) is 71.1 Å². The zero-order chi connectivity index (χ0) is 29.1. The summed E-state index contributed by atoms with van der Waals surface area (Å²) < 4.78 is 46.0. The molecule has 8 nitrogen and oxygen atoms in total. The second-order valence-corrected chi connectivity index (χ2v) is 11.4. The van der Waals surface area contributed by atoms with E-state index in [1.54, 1.807) is 19.1 Å². The maximum absolute atomic E-state index is 15.2. The molecule has 42 heavy (non-hydrogen) atoms. The number of ether oxygens (including phenoxy) is 3. The Kier molecular flexibility index (Phi) is 8.85. The van der Waals surface area contributed by atoms with Gasteiger partial charge in [-0.05, 0) is 85.2 Å². The lowest BCUT2D eigenvalue weighted by Crippen LogP contribution is -2.36. The van der Waals surface area contributed by atoms with Crippen molar-refractivity contribution in [1.29, 1.82) is 0 Å². The standard InChI is InChI=1S/C32H36F2N4O4/c1-20-12-24(4-5-26(20)33)37-32-25-13-23(22(14-28(25)35-19-36-32)3-2-21-7-9-40-18-21)15-29(39)27(34)6-8-38-16-30-31(17-38)42-11-10-41-30/h4-6,12-14,19,21,30-31H,2-3,7-11,15-18H2,1H3,(H,35,36,37)/b27-6-/t21-,30-,31+/m0/s1. The van der Waals surface area contributed by atoms with E-state index in [-0.39, 0.29) is 24.4 Å². The van der Waals surface area contributed by atoms with Crippen molar-refractivity contribution in [2.75, 3.05) is 51.4 Å². The van der Waals surface area contributed by atoms with Crippen LogP contribution in [0.5, 0.6) is 0 Å². The molecule has 3 fully saturated rings. The third-order valence-electron chi connectivity index (χ3n) is 8.41. The number of hydrogen-bond donors (Lipinski definition) is 1. The lowest BCUT2D eigenvalue weighted by atomic mass is 9.92. The molecule has 3 saturated heterocycles. The van der Waals surface area contributed by atoms with Crippen LogP contribution in [-0.4, -0.2) is 78.9 Å². The second kappa shape index (κ2) is 12.9.